The van der Waals surface area contributed by atoms with Gasteiger partial charge in [0.2, 0.25) is 27.6 Å². The fourth-order valence-electron chi connectivity index (χ4n) is 2.52. The lowest BCUT2D eigenvalue weighted by Gasteiger charge is -2.16. The molecule has 0 unspecified atom stereocenters. The van der Waals surface area contributed by atoms with E-state index in [0.29, 0.717) is 11.6 Å². The molecule has 2 aromatic carbocycles. The molecule has 0 aliphatic heterocycles. The second-order valence-corrected chi connectivity index (χ2v) is 9.20. The number of nitrogens with one attached hydrogen (secondary N) is 1. The standard InChI is InChI=1S/C19H19BrN4O5S/c1-24(30(26,27)16-8-6-15(28-2)7-9-16)12-17(25)21-11-18-22-19(23-29-18)13-4-3-5-14(20)10-13/h3-10H,11-12H2,1-2H3,(H,21,25). The van der Waals surface area contributed by atoms with Crippen LogP contribution in [0.25, 0.3) is 11.4 Å². The second kappa shape index (κ2) is 9.37. The van der Waals surface area contributed by atoms with E-state index in [9.17, 15) is 13.2 Å². The smallest absolute Gasteiger partial charge is 0.246 e. The average molecular weight is 495 g/mol. The Kier molecular flexibility index (Phi) is 6.85. The van der Waals surface area contributed by atoms with Gasteiger partial charge in [-0.2, -0.15) is 9.29 Å². The fraction of sp³-hybridized carbons (Fsp3) is 0.211. The Morgan fingerprint density at radius 1 is 1.23 bits per heavy atom. The monoisotopic (exact) mass is 494 g/mol. The molecule has 0 atom stereocenters. The molecule has 0 bridgehead atoms. The minimum Gasteiger partial charge on any atom is -0.497 e. The third-order valence-electron chi connectivity index (χ3n) is 4.12. The number of ether oxygens (including phenoxy) is 1. The molecule has 158 valence electrons. The molecule has 0 saturated heterocycles. The van der Waals surface area contributed by atoms with Crippen LogP contribution >= 0.6 is 15.9 Å². The molecule has 3 aromatic rings. The summed E-state index contributed by atoms with van der Waals surface area (Å²) in [4.78, 5) is 16.5. The van der Waals surface area contributed by atoms with E-state index in [2.05, 4.69) is 31.4 Å². The van der Waals surface area contributed by atoms with Crippen LogP contribution in [0.3, 0.4) is 0 Å². The lowest BCUT2D eigenvalue weighted by atomic mass is 10.2. The van der Waals surface area contributed by atoms with Crippen molar-refractivity contribution in [2.24, 2.45) is 0 Å². The molecule has 3 rings (SSSR count). The van der Waals surface area contributed by atoms with Gasteiger partial charge in [0.15, 0.2) is 0 Å². The number of likely N-dealkylation sites (N-methyl/N-ethyl adjacent to an activating group) is 1. The highest BCUT2D eigenvalue weighted by atomic mass is 79.9. The van der Waals surface area contributed by atoms with E-state index >= 15 is 0 Å². The molecule has 30 heavy (non-hydrogen) atoms. The van der Waals surface area contributed by atoms with E-state index in [1.807, 2.05) is 24.3 Å². The summed E-state index contributed by atoms with van der Waals surface area (Å²) in [6.07, 6.45) is 0. The van der Waals surface area contributed by atoms with Gasteiger partial charge in [-0.3, -0.25) is 4.79 Å². The van der Waals surface area contributed by atoms with Gasteiger partial charge in [0.05, 0.1) is 25.1 Å². The second-order valence-electron chi connectivity index (χ2n) is 6.24. The lowest BCUT2D eigenvalue weighted by Crippen LogP contribution is -2.38. The van der Waals surface area contributed by atoms with Gasteiger partial charge in [0.1, 0.15) is 5.75 Å². The Labute approximate surface area is 182 Å². The first-order valence-electron chi connectivity index (χ1n) is 8.75. The number of hydrogen-bond donors (Lipinski definition) is 1. The molecule has 9 nitrogen and oxygen atoms in total. The highest BCUT2D eigenvalue weighted by Gasteiger charge is 2.23. The Morgan fingerprint density at radius 3 is 2.63 bits per heavy atom. The number of benzene rings is 2. The van der Waals surface area contributed by atoms with Crippen LogP contribution in [0.2, 0.25) is 0 Å². The van der Waals surface area contributed by atoms with E-state index in [1.54, 1.807) is 12.1 Å². The summed E-state index contributed by atoms with van der Waals surface area (Å²) in [5.74, 6) is 0.631. The zero-order valence-electron chi connectivity index (χ0n) is 16.2. The highest BCUT2D eigenvalue weighted by Crippen LogP contribution is 2.20. The van der Waals surface area contributed by atoms with E-state index in [1.165, 1.54) is 26.3 Å². The number of nitrogens with zero attached hydrogens (tertiary/aromatic N) is 3. The molecular weight excluding hydrogens is 476 g/mol. The Morgan fingerprint density at radius 2 is 1.97 bits per heavy atom. The molecule has 11 heteroatoms. The molecule has 1 heterocycles. The number of amides is 1. The number of halogens is 1. The molecule has 1 amide bonds. The van der Waals surface area contributed by atoms with Gasteiger partial charge in [0, 0.05) is 17.1 Å². The summed E-state index contributed by atoms with van der Waals surface area (Å²) >= 11 is 3.38. The molecule has 0 aliphatic carbocycles. The largest absolute Gasteiger partial charge is 0.497 e. The van der Waals surface area contributed by atoms with Crippen molar-refractivity contribution in [1.29, 1.82) is 0 Å². The van der Waals surface area contributed by atoms with Crippen LogP contribution in [-0.2, 0) is 21.4 Å². The fourth-order valence-corrected chi connectivity index (χ4v) is 4.04. The van der Waals surface area contributed by atoms with Crippen LogP contribution in [0.4, 0.5) is 0 Å². The number of carbonyl (C=O) groups excluding carboxylic acids is 1. The predicted octanol–water partition coefficient (Wildman–Crippen LogP) is 2.44. The van der Waals surface area contributed by atoms with E-state index in [0.717, 1.165) is 14.3 Å². The number of hydrogen-bond acceptors (Lipinski definition) is 7. The van der Waals surface area contributed by atoms with E-state index in [-0.39, 0.29) is 23.9 Å². The molecule has 0 radical (unpaired) electrons. The van der Waals surface area contributed by atoms with Gasteiger partial charge in [-0.15, -0.1) is 0 Å². The quantitative estimate of drug-likeness (QED) is 0.511. The average Bonchev–Trinajstić information content (AvgIpc) is 3.21. The van der Waals surface area contributed by atoms with Gasteiger partial charge in [-0.05, 0) is 36.4 Å². The molecule has 0 spiro atoms. The van der Waals surface area contributed by atoms with Crippen molar-refractivity contribution in [2.75, 3.05) is 20.7 Å². The molecule has 1 N–H and O–H groups in total. The van der Waals surface area contributed by atoms with Gasteiger partial charge in [-0.1, -0.05) is 33.2 Å². The summed E-state index contributed by atoms with van der Waals surface area (Å²) in [7, 11) is -0.995. The van der Waals surface area contributed by atoms with Gasteiger partial charge in [0.25, 0.3) is 0 Å². The van der Waals surface area contributed by atoms with Gasteiger partial charge in [-0.25, -0.2) is 8.42 Å². The van der Waals surface area contributed by atoms with Gasteiger partial charge >= 0.3 is 0 Å². The van der Waals surface area contributed by atoms with Crippen molar-refractivity contribution in [1.82, 2.24) is 19.8 Å². The zero-order valence-corrected chi connectivity index (χ0v) is 18.6. The van der Waals surface area contributed by atoms with Crippen molar-refractivity contribution in [3.63, 3.8) is 0 Å². The topological polar surface area (TPSA) is 115 Å². The number of rotatable bonds is 8. The summed E-state index contributed by atoms with van der Waals surface area (Å²) < 4.78 is 37.2. The lowest BCUT2D eigenvalue weighted by molar-refractivity contribution is -0.121. The van der Waals surface area contributed by atoms with E-state index in [4.69, 9.17) is 9.26 Å². The molecule has 0 saturated carbocycles. The maximum Gasteiger partial charge on any atom is 0.246 e. The van der Waals surface area contributed by atoms with Crippen molar-refractivity contribution in [2.45, 2.75) is 11.4 Å². The van der Waals surface area contributed by atoms with E-state index < -0.39 is 15.9 Å². The van der Waals surface area contributed by atoms with Crippen molar-refractivity contribution < 1.29 is 22.5 Å². The Bertz CT molecular complexity index is 1130. The Hall–Kier alpha value is -2.76. The highest BCUT2D eigenvalue weighted by molar-refractivity contribution is 9.10. The van der Waals surface area contributed by atoms with Crippen LogP contribution in [0.15, 0.2) is 62.4 Å². The number of sulfonamides is 1. The minimum atomic E-state index is -3.82. The van der Waals surface area contributed by atoms with Crippen LogP contribution in [0.1, 0.15) is 5.89 Å². The van der Waals surface area contributed by atoms with Crippen LogP contribution in [0.5, 0.6) is 5.75 Å². The maximum atomic E-state index is 12.6. The molecular formula is C19H19BrN4O5S. The number of aromatic nitrogens is 2. The Balaban J connectivity index is 1.57. The first-order chi connectivity index (χ1) is 14.3. The summed E-state index contributed by atoms with van der Waals surface area (Å²) in [5.41, 5.74) is 0.760. The predicted molar refractivity (Wildman–Crippen MR) is 112 cm³/mol. The zero-order chi connectivity index (χ0) is 21.7. The van der Waals surface area contributed by atoms with Crippen molar-refractivity contribution in [3.8, 4) is 17.1 Å². The summed E-state index contributed by atoms with van der Waals surface area (Å²) in [6.45, 7) is -0.378. The molecule has 1 aromatic heterocycles. The van der Waals surface area contributed by atoms with Crippen molar-refractivity contribution >= 4 is 31.9 Å². The number of methoxy groups -OCH3 is 1. The van der Waals surface area contributed by atoms with Crippen molar-refractivity contribution in [3.05, 3.63) is 58.9 Å². The molecule has 0 fully saturated rings. The van der Waals surface area contributed by atoms with Gasteiger partial charge < -0.3 is 14.6 Å². The van der Waals surface area contributed by atoms with Crippen LogP contribution < -0.4 is 10.1 Å². The summed E-state index contributed by atoms with van der Waals surface area (Å²) in [6, 6.07) is 13.3. The molecule has 0 aliphatic rings. The number of carbonyl (C=O) groups is 1. The van der Waals surface area contributed by atoms with Crippen LogP contribution in [-0.4, -0.2) is 49.5 Å². The normalized spacial score (nSPS) is 11.5. The SMILES string of the molecule is COc1ccc(S(=O)(=O)N(C)CC(=O)NCc2nc(-c3cccc(Br)c3)no2)cc1. The minimum absolute atomic E-state index is 0.0176. The third kappa shape index (κ3) is 5.23. The maximum absolute atomic E-state index is 12.6. The third-order valence-corrected chi connectivity index (χ3v) is 6.43. The first kappa shape index (κ1) is 21.9. The van der Waals surface area contributed by atoms with Crippen LogP contribution in [0, 0.1) is 0 Å². The first-order valence-corrected chi connectivity index (χ1v) is 11.0. The summed E-state index contributed by atoms with van der Waals surface area (Å²) in [5, 5.41) is 6.46.